The van der Waals surface area contributed by atoms with Gasteiger partial charge in [-0.3, -0.25) is 4.79 Å². The molecule has 0 spiro atoms. The van der Waals surface area contributed by atoms with Gasteiger partial charge >= 0.3 is 0 Å². The highest BCUT2D eigenvalue weighted by Crippen LogP contribution is 2.43. The number of fused-ring (bicyclic) bond motifs is 2. The van der Waals surface area contributed by atoms with Crippen molar-refractivity contribution < 1.29 is 9.53 Å². The van der Waals surface area contributed by atoms with E-state index in [4.69, 9.17) is 16.3 Å². The standard InChI is InChI=1S/C14H14ClN3O2/c1-7-16-10-6-9-11(5-8(10)12(15)17-7)18(3)13(19)14(9,2)20-4/h5-6H,1-4H3/t14-/m0/s1. The fourth-order valence-electron chi connectivity index (χ4n) is 2.64. The Morgan fingerprint density at radius 1 is 1.35 bits per heavy atom. The number of rotatable bonds is 1. The molecule has 2 heterocycles. The van der Waals surface area contributed by atoms with Crippen LogP contribution < -0.4 is 4.90 Å². The first-order valence-corrected chi connectivity index (χ1v) is 6.58. The van der Waals surface area contributed by atoms with Crippen molar-refractivity contribution in [2.75, 3.05) is 19.1 Å². The SMILES string of the molecule is CO[C@]1(C)C(=O)N(C)c2cc3c(Cl)nc(C)nc3cc21. The van der Waals surface area contributed by atoms with E-state index in [1.54, 1.807) is 25.8 Å². The number of ether oxygens (including phenoxy) is 1. The first kappa shape index (κ1) is 13.3. The van der Waals surface area contributed by atoms with E-state index in [0.717, 1.165) is 16.6 Å². The number of aryl methyl sites for hydroxylation is 1. The molecule has 1 aromatic heterocycles. The molecule has 2 aromatic rings. The third-order valence-electron chi connectivity index (χ3n) is 3.87. The lowest BCUT2D eigenvalue weighted by Gasteiger charge is -2.21. The zero-order chi connectivity index (χ0) is 14.7. The zero-order valence-corrected chi connectivity index (χ0v) is 12.4. The molecule has 0 N–H and O–H groups in total. The summed E-state index contributed by atoms with van der Waals surface area (Å²) < 4.78 is 5.45. The van der Waals surface area contributed by atoms with E-state index < -0.39 is 5.60 Å². The highest BCUT2D eigenvalue weighted by atomic mass is 35.5. The molecule has 20 heavy (non-hydrogen) atoms. The maximum atomic E-state index is 12.4. The number of hydrogen-bond donors (Lipinski definition) is 0. The van der Waals surface area contributed by atoms with Gasteiger partial charge in [0.1, 0.15) is 11.0 Å². The summed E-state index contributed by atoms with van der Waals surface area (Å²) in [5.74, 6) is 0.491. The quantitative estimate of drug-likeness (QED) is 0.757. The number of likely N-dealkylation sites (N-methyl/N-ethyl adjacent to an activating group) is 1. The average molecular weight is 292 g/mol. The molecule has 1 aromatic carbocycles. The van der Waals surface area contributed by atoms with Gasteiger partial charge in [0.15, 0.2) is 5.60 Å². The van der Waals surface area contributed by atoms with Crippen LogP contribution in [0.15, 0.2) is 12.1 Å². The van der Waals surface area contributed by atoms with Crippen LogP contribution in [-0.2, 0) is 15.1 Å². The second-order valence-electron chi connectivity index (χ2n) is 5.05. The number of anilines is 1. The minimum atomic E-state index is -0.983. The molecule has 1 aliphatic heterocycles. The lowest BCUT2D eigenvalue weighted by Crippen LogP contribution is -2.37. The Kier molecular flexibility index (Phi) is 2.74. The first-order chi connectivity index (χ1) is 9.38. The van der Waals surface area contributed by atoms with Crippen LogP contribution in [0.2, 0.25) is 5.15 Å². The fourth-order valence-corrected chi connectivity index (χ4v) is 2.91. The van der Waals surface area contributed by atoms with E-state index in [1.165, 1.54) is 7.11 Å². The summed E-state index contributed by atoms with van der Waals surface area (Å²) in [6, 6.07) is 3.70. The van der Waals surface area contributed by atoms with Gasteiger partial charge in [-0.2, -0.15) is 0 Å². The van der Waals surface area contributed by atoms with Crippen LogP contribution in [0.25, 0.3) is 10.9 Å². The average Bonchev–Trinajstić information content (AvgIpc) is 2.60. The van der Waals surface area contributed by atoms with Gasteiger partial charge in [0.2, 0.25) is 0 Å². The molecule has 0 fully saturated rings. The summed E-state index contributed by atoms with van der Waals surface area (Å²) in [6.45, 7) is 3.55. The van der Waals surface area contributed by atoms with Crippen molar-refractivity contribution in [3.8, 4) is 0 Å². The smallest absolute Gasteiger partial charge is 0.263 e. The van der Waals surface area contributed by atoms with Crippen molar-refractivity contribution in [2.45, 2.75) is 19.4 Å². The van der Waals surface area contributed by atoms with Gasteiger partial charge in [0, 0.05) is 25.1 Å². The summed E-state index contributed by atoms with van der Waals surface area (Å²) in [6.07, 6.45) is 0. The monoisotopic (exact) mass is 291 g/mol. The van der Waals surface area contributed by atoms with Crippen LogP contribution in [0.4, 0.5) is 5.69 Å². The molecule has 0 radical (unpaired) electrons. The van der Waals surface area contributed by atoms with E-state index in [1.807, 2.05) is 12.1 Å². The minimum Gasteiger partial charge on any atom is -0.364 e. The number of carbonyl (C=O) groups excluding carboxylic acids is 1. The number of carbonyl (C=O) groups is 1. The molecule has 1 amide bonds. The van der Waals surface area contributed by atoms with Crippen molar-refractivity contribution >= 4 is 34.1 Å². The van der Waals surface area contributed by atoms with Gasteiger partial charge < -0.3 is 9.64 Å². The van der Waals surface area contributed by atoms with Crippen LogP contribution in [0.1, 0.15) is 18.3 Å². The highest BCUT2D eigenvalue weighted by molar-refractivity contribution is 6.34. The maximum Gasteiger partial charge on any atom is 0.263 e. The molecule has 0 bridgehead atoms. The normalized spacial score (nSPS) is 21.6. The minimum absolute atomic E-state index is 0.105. The fraction of sp³-hybridized carbons (Fsp3) is 0.357. The summed E-state index contributed by atoms with van der Waals surface area (Å²) in [4.78, 5) is 22.5. The van der Waals surface area contributed by atoms with E-state index >= 15 is 0 Å². The van der Waals surface area contributed by atoms with Crippen molar-refractivity contribution in [3.63, 3.8) is 0 Å². The Balaban J connectivity index is 2.38. The van der Waals surface area contributed by atoms with E-state index in [-0.39, 0.29) is 5.91 Å². The predicted molar refractivity (Wildman–Crippen MR) is 77.1 cm³/mol. The van der Waals surface area contributed by atoms with Gasteiger partial charge in [-0.05, 0) is 26.0 Å². The lowest BCUT2D eigenvalue weighted by atomic mass is 9.96. The Morgan fingerprint density at radius 2 is 2.05 bits per heavy atom. The predicted octanol–water partition coefficient (Wildman–Crippen LogP) is 2.43. The number of amides is 1. The number of hydrogen-bond acceptors (Lipinski definition) is 4. The molecular weight excluding hydrogens is 278 g/mol. The number of aromatic nitrogens is 2. The molecule has 1 atom stereocenters. The van der Waals surface area contributed by atoms with Gasteiger partial charge in [-0.25, -0.2) is 9.97 Å². The number of methoxy groups -OCH3 is 1. The maximum absolute atomic E-state index is 12.4. The van der Waals surface area contributed by atoms with Crippen molar-refractivity contribution in [1.82, 2.24) is 9.97 Å². The Bertz CT molecular complexity index is 747. The molecular formula is C14H14ClN3O2. The number of nitrogens with zero attached hydrogens (tertiary/aromatic N) is 3. The van der Waals surface area contributed by atoms with Gasteiger partial charge in [-0.1, -0.05) is 11.6 Å². The molecule has 5 nitrogen and oxygen atoms in total. The topological polar surface area (TPSA) is 55.3 Å². The Morgan fingerprint density at radius 3 is 2.70 bits per heavy atom. The van der Waals surface area contributed by atoms with E-state index in [9.17, 15) is 4.79 Å². The molecule has 104 valence electrons. The molecule has 1 aliphatic rings. The summed E-state index contributed by atoms with van der Waals surface area (Å²) in [5.41, 5.74) is 1.31. The largest absolute Gasteiger partial charge is 0.364 e. The highest BCUT2D eigenvalue weighted by Gasteiger charge is 2.46. The second kappa shape index (κ2) is 4.14. The van der Waals surface area contributed by atoms with Crippen molar-refractivity contribution in [3.05, 3.63) is 28.7 Å². The van der Waals surface area contributed by atoms with Crippen molar-refractivity contribution in [2.24, 2.45) is 0 Å². The molecule has 3 rings (SSSR count). The molecule has 0 saturated heterocycles. The van der Waals surface area contributed by atoms with Crippen LogP contribution in [0, 0.1) is 6.92 Å². The Hall–Kier alpha value is -1.72. The van der Waals surface area contributed by atoms with Crippen LogP contribution in [-0.4, -0.2) is 30.0 Å². The first-order valence-electron chi connectivity index (χ1n) is 6.20. The number of benzene rings is 1. The van der Waals surface area contributed by atoms with Gasteiger partial charge in [-0.15, -0.1) is 0 Å². The van der Waals surface area contributed by atoms with Gasteiger partial charge in [0.25, 0.3) is 5.91 Å². The van der Waals surface area contributed by atoms with Crippen LogP contribution >= 0.6 is 11.6 Å². The van der Waals surface area contributed by atoms with Gasteiger partial charge in [0.05, 0.1) is 11.2 Å². The van der Waals surface area contributed by atoms with E-state index in [0.29, 0.717) is 16.5 Å². The molecule has 0 unspecified atom stereocenters. The summed E-state index contributed by atoms with van der Waals surface area (Å²) >= 11 is 6.17. The van der Waals surface area contributed by atoms with Crippen LogP contribution in [0.5, 0.6) is 0 Å². The third-order valence-corrected chi connectivity index (χ3v) is 4.16. The molecule has 6 heteroatoms. The Labute approximate surface area is 121 Å². The van der Waals surface area contributed by atoms with Crippen LogP contribution in [0.3, 0.4) is 0 Å². The van der Waals surface area contributed by atoms with Crippen molar-refractivity contribution in [1.29, 1.82) is 0 Å². The zero-order valence-electron chi connectivity index (χ0n) is 11.7. The summed E-state index contributed by atoms with van der Waals surface area (Å²) in [7, 11) is 3.25. The second-order valence-corrected chi connectivity index (χ2v) is 5.41. The lowest BCUT2D eigenvalue weighted by molar-refractivity contribution is -0.137. The summed E-state index contributed by atoms with van der Waals surface area (Å²) in [5, 5.41) is 1.12. The molecule has 0 saturated carbocycles. The third kappa shape index (κ3) is 1.57. The van der Waals surface area contributed by atoms with E-state index in [2.05, 4.69) is 9.97 Å². The molecule has 0 aliphatic carbocycles. The number of halogens is 1.